The largest absolute Gasteiger partial charge is 0.377 e. The molecule has 2 nitrogen and oxygen atoms in total. The molecule has 2 heteroatoms. The molecule has 0 aliphatic carbocycles. The molecule has 4 unspecified atom stereocenters. The maximum Gasteiger partial charge on any atom is 0.0726 e. The zero-order valence-corrected chi connectivity index (χ0v) is 10.3. The Labute approximate surface area is 94.1 Å². The molecule has 15 heavy (non-hydrogen) atoms. The predicted molar refractivity (Wildman–Crippen MR) is 65.0 cm³/mol. The summed E-state index contributed by atoms with van der Waals surface area (Å²) in [6.45, 7) is 11.5. The zero-order valence-electron chi connectivity index (χ0n) is 10.3. The summed E-state index contributed by atoms with van der Waals surface area (Å²) in [5, 5.41) is 3.63. The lowest BCUT2D eigenvalue weighted by Crippen LogP contribution is -2.44. The molecule has 0 saturated carbocycles. The van der Waals surface area contributed by atoms with Crippen molar-refractivity contribution in [3.8, 4) is 0 Å². The molecular formula is C13H25NO. The van der Waals surface area contributed by atoms with Crippen LogP contribution in [0.2, 0.25) is 0 Å². The van der Waals surface area contributed by atoms with Gasteiger partial charge in [0, 0.05) is 18.7 Å². The highest BCUT2D eigenvalue weighted by Gasteiger charge is 2.24. The molecule has 0 spiro atoms. The SMILES string of the molecule is C=CCC(C)C(C)NC(C)C1CCCO1. The van der Waals surface area contributed by atoms with Gasteiger partial charge in [-0.05, 0) is 39.0 Å². The zero-order chi connectivity index (χ0) is 11.3. The first kappa shape index (κ1) is 12.7. The third-order valence-electron chi connectivity index (χ3n) is 3.44. The van der Waals surface area contributed by atoms with Gasteiger partial charge >= 0.3 is 0 Å². The first-order chi connectivity index (χ1) is 7.15. The van der Waals surface area contributed by atoms with Crippen LogP contribution in [0.3, 0.4) is 0 Å². The lowest BCUT2D eigenvalue weighted by molar-refractivity contribution is 0.0778. The van der Waals surface area contributed by atoms with Crippen molar-refractivity contribution in [1.29, 1.82) is 0 Å². The van der Waals surface area contributed by atoms with Crippen molar-refractivity contribution in [3.63, 3.8) is 0 Å². The minimum absolute atomic E-state index is 0.420. The highest BCUT2D eigenvalue weighted by molar-refractivity contribution is 4.83. The van der Waals surface area contributed by atoms with Gasteiger partial charge in [-0.3, -0.25) is 0 Å². The molecule has 0 aromatic heterocycles. The fraction of sp³-hybridized carbons (Fsp3) is 0.846. The lowest BCUT2D eigenvalue weighted by atomic mass is 9.98. The van der Waals surface area contributed by atoms with Crippen LogP contribution in [0.5, 0.6) is 0 Å². The van der Waals surface area contributed by atoms with Crippen LogP contribution >= 0.6 is 0 Å². The van der Waals surface area contributed by atoms with Crippen molar-refractivity contribution >= 4 is 0 Å². The summed E-state index contributed by atoms with van der Waals surface area (Å²) in [6, 6.07) is 0.997. The third-order valence-corrected chi connectivity index (χ3v) is 3.44. The fourth-order valence-corrected chi connectivity index (χ4v) is 2.15. The molecule has 1 aliphatic heterocycles. The van der Waals surface area contributed by atoms with E-state index < -0.39 is 0 Å². The molecule has 88 valence electrons. The van der Waals surface area contributed by atoms with E-state index in [1.54, 1.807) is 0 Å². The minimum atomic E-state index is 0.420. The molecule has 0 aromatic carbocycles. The maximum atomic E-state index is 5.67. The number of hydrogen-bond acceptors (Lipinski definition) is 2. The molecule has 1 rings (SSSR count). The summed E-state index contributed by atoms with van der Waals surface area (Å²) in [6.07, 6.45) is 5.92. The highest BCUT2D eigenvalue weighted by atomic mass is 16.5. The van der Waals surface area contributed by atoms with Crippen LogP contribution in [0, 0.1) is 5.92 Å². The van der Waals surface area contributed by atoms with Crippen LogP contribution in [-0.2, 0) is 4.74 Å². The smallest absolute Gasteiger partial charge is 0.0726 e. The van der Waals surface area contributed by atoms with Crippen molar-refractivity contribution in [2.75, 3.05) is 6.61 Å². The Morgan fingerprint density at radius 1 is 1.47 bits per heavy atom. The third kappa shape index (κ3) is 3.96. The Balaban J connectivity index is 2.29. The van der Waals surface area contributed by atoms with E-state index in [1.165, 1.54) is 12.8 Å². The van der Waals surface area contributed by atoms with Gasteiger partial charge in [0.15, 0.2) is 0 Å². The summed E-state index contributed by atoms with van der Waals surface area (Å²) in [4.78, 5) is 0. The summed E-state index contributed by atoms with van der Waals surface area (Å²) >= 11 is 0. The maximum absolute atomic E-state index is 5.67. The monoisotopic (exact) mass is 211 g/mol. The van der Waals surface area contributed by atoms with E-state index in [2.05, 4.69) is 32.7 Å². The summed E-state index contributed by atoms with van der Waals surface area (Å²) < 4.78 is 5.67. The minimum Gasteiger partial charge on any atom is -0.377 e. The Hall–Kier alpha value is -0.340. The molecular weight excluding hydrogens is 186 g/mol. The normalized spacial score (nSPS) is 27.3. The second-order valence-corrected chi connectivity index (χ2v) is 4.80. The van der Waals surface area contributed by atoms with Crippen LogP contribution in [0.25, 0.3) is 0 Å². The van der Waals surface area contributed by atoms with E-state index in [-0.39, 0.29) is 0 Å². The van der Waals surface area contributed by atoms with E-state index in [0.717, 1.165) is 13.0 Å². The molecule has 0 radical (unpaired) electrons. The lowest BCUT2D eigenvalue weighted by Gasteiger charge is -2.27. The van der Waals surface area contributed by atoms with E-state index in [9.17, 15) is 0 Å². The van der Waals surface area contributed by atoms with Crippen LogP contribution < -0.4 is 5.32 Å². The number of nitrogens with one attached hydrogen (secondary N) is 1. The Morgan fingerprint density at radius 2 is 2.20 bits per heavy atom. The Bertz CT molecular complexity index is 187. The summed E-state index contributed by atoms with van der Waals surface area (Å²) in [5.41, 5.74) is 0. The van der Waals surface area contributed by atoms with Crippen LogP contribution in [0.1, 0.15) is 40.0 Å². The average Bonchev–Trinajstić information content (AvgIpc) is 2.70. The van der Waals surface area contributed by atoms with Crippen molar-refractivity contribution in [2.24, 2.45) is 5.92 Å². The van der Waals surface area contributed by atoms with E-state index in [1.807, 2.05) is 6.08 Å². The molecule has 1 aliphatic rings. The standard InChI is InChI=1S/C13H25NO/c1-5-7-10(2)11(3)14-12(4)13-8-6-9-15-13/h5,10-14H,1,6-9H2,2-4H3. The van der Waals surface area contributed by atoms with Gasteiger partial charge in [0.2, 0.25) is 0 Å². The average molecular weight is 211 g/mol. The van der Waals surface area contributed by atoms with Crippen molar-refractivity contribution in [1.82, 2.24) is 5.32 Å². The summed E-state index contributed by atoms with van der Waals surface area (Å²) in [5.74, 6) is 0.645. The Morgan fingerprint density at radius 3 is 2.73 bits per heavy atom. The number of hydrogen-bond donors (Lipinski definition) is 1. The van der Waals surface area contributed by atoms with Crippen molar-refractivity contribution < 1.29 is 4.74 Å². The van der Waals surface area contributed by atoms with Crippen LogP contribution in [-0.4, -0.2) is 24.8 Å². The quantitative estimate of drug-likeness (QED) is 0.682. The van der Waals surface area contributed by atoms with Gasteiger partial charge in [-0.2, -0.15) is 0 Å². The molecule has 0 amide bonds. The molecule has 1 saturated heterocycles. The fourth-order valence-electron chi connectivity index (χ4n) is 2.15. The number of ether oxygens (including phenoxy) is 1. The Kier molecular flexibility index (Phi) is 5.34. The van der Waals surface area contributed by atoms with E-state index >= 15 is 0 Å². The first-order valence-corrected chi connectivity index (χ1v) is 6.13. The van der Waals surface area contributed by atoms with Gasteiger partial charge in [-0.25, -0.2) is 0 Å². The number of rotatable bonds is 6. The van der Waals surface area contributed by atoms with Crippen LogP contribution in [0.4, 0.5) is 0 Å². The molecule has 1 N–H and O–H groups in total. The van der Waals surface area contributed by atoms with Crippen molar-refractivity contribution in [2.45, 2.75) is 58.2 Å². The van der Waals surface area contributed by atoms with Gasteiger partial charge in [-0.1, -0.05) is 13.0 Å². The molecule has 1 heterocycles. The first-order valence-electron chi connectivity index (χ1n) is 6.13. The summed E-state index contributed by atoms with van der Waals surface area (Å²) in [7, 11) is 0. The topological polar surface area (TPSA) is 21.3 Å². The molecule has 0 bridgehead atoms. The van der Waals surface area contributed by atoms with Gasteiger partial charge in [-0.15, -0.1) is 6.58 Å². The van der Waals surface area contributed by atoms with Gasteiger partial charge < -0.3 is 10.1 Å². The molecule has 0 aromatic rings. The van der Waals surface area contributed by atoms with Gasteiger partial charge in [0.05, 0.1) is 6.10 Å². The number of allylic oxidation sites excluding steroid dienone is 1. The predicted octanol–water partition coefficient (Wildman–Crippen LogP) is 2.74. The molecule has 4 atom stereocenters. The second-order valence-electron chi connectivity index (χ2n) is 4.80. The van der Waals surface area contributed by atoms with Crippen LogP contribution in [0.15, 0.2) is 12.7 Å². The second kappa shape index (κ2) is 6.29. The van der Waals surface area contributed by atoms with E-state index in [0.29, 0.717) is 24.1 Å². The van der Waals surface area contributed by atoms with Gasteiger partial charge in [0.1, 0.15) is 0 Å². The van der Waals surface area contributed by atoms with Gasteiger partial charge in [0.25, 0.3) is 0 Å². The van der Waals surface area contributed by atoms with E-state index in [4.69, 9.17) is 4.74 Å². The van der Waals surface area contributed by atoms with Crippen molar-refractivity contribution in [3.05, 3.63) is 12.7 Å². The molecule has 1 fully saturated rings. The highest BCUT2D eigenvalue weighted by Crippen LogP contribution is 2.17.